The molecular formula is C15H17ClN4O2. The third-order valence-electron chi connectivity index (χ3n) is 2.39. The van der Waals surface area contributed by atoms with Crippen LogP contribution in [0.5, 0.6) is 0 Å². The van der Waals surface area contributed by atoms with E-state index in [1.54, 1.807) is 45.0 Å². The largest absolute Gasteiger partial charge is 0.444 e. The molecule has 2 N–H and O–H groups in total. The Morgan fingerprint density at radius 2 is 1.82 bits per heavy atom. The molecule has 2 rings (SSSR count). The van der Waals surface area contributed by atoms with E-state index >= 15 is 0 Å². The zero-order valence-corrected chi connectivity index (χ0v) is 13.3. The molecule has 0 atom stereocenters. The number of ether oxygens (including phenoxy) is 1. The van der Waals surface area contributed by atoms with E-state index in [-0.39, 0.29) is 0 Å². The number of anilines is 3. The number of hydrogen-bond acceptors (Lipinski definition) is 5. The Morgan fingerprint density at radius 1 is 1.14 bits per heavy atom. The molecule has 0 unspecified atom stereocenters. The van der Waals surface area contributed by atoms with Crippen LogP contribution in [0, 0.1) is 0 Å². The monoisotopic (exact) mass is 320 g/mol. The fourth-order valence-corrected chi connectivity index (χ4v) is 1.78. The van der Waals surface area contributed by atoms with Gasteiger partial charge in [0.15, 0.2) is 11.6 Å². The van der Waals surface area contributed by atoms with E-state index in [2.05, 4.69) is 20.8 Å². The summed E-state index contributed by atoms with van der Waals surface area (Å²) in [5.41, 5.74) is 0.237. The van der Waals surface area contributed by atoms with E-state index in [4.69, 9.17) is 16.3 Å². The quantitative estimate of drug-likeness (QED) is 0.885. The molecule has 0 aliphatic rings. The van der Waals surface area contributed by atoms with E-state index < -0.39 is 11.7 Å². The maximum absolute atomic E-state index is 11.6. The molecular weight excluding hydrogens is 304 g/mol. The molecule has 0 aliphatic heterocycles. The van der Waals surface area contributed by atoms with Crippen molar-refractivity contribution in [2.75, 3.05) is 10.6 Å². The van der Waals surface area contributed by atoms with Gasteiger partial charge in [0, 0.05) is 10.7 Å². The second-order valence-electron chi connectivity index (χ2n) is 5.57. The van der Waals surface area contributed by atoms with Crippen LogP contribution in [0.4, 0.5) is 22.1 Å². The van der Waals surface area contributed by atoms with Gasteiger partial charge >= 0.3 is 6.09 Å². The molecule has 0 spiro atoms. The van der Waals surface area contributed by atoms with Gasteiger partial charge in [-0.15, -0.1) is 10.2 Å². The maximum Gasteiger partial charge on any atom is 0.413 e. The molecule has 0 bridgehead atoms. The second kappa shape index (κ2) is 6.62. The van der Waals surface area contributed by atoms with E-state index in [9.17, 15) is 4.79 Å². The van der Waals surface area contributed by atoms with Crippen LogP contribution in [0.15, 0.2) is 36.4 Å². The molecule has 7 heteroatoms. The Balaban J connectivity index is 1.97. The summed E-state index contributed by atoms with van der Waals surface area (Å²) in [4.78, 5) is 11.6. The summed E-state index contributed by atoms with van der Waals surface area (Å²) in [6.07, 6.45) is -0.572. The summed E-state index contributed by atoms with van der Waals surface area (Å²) in [5, 5.41) is 14.1. The molecule has 116 valence electrons. The first-order valence-electron chi connectivity index (χ1n) is 6.68. The van der Waals surface area contributed by atoms with Crippen molar-refractivity contribution in [3.63, 3.8) is 0 Å². The molecule has 2 aromatic rings. The van der Waals surface area contributed by atoms with Crippen LogP contribution >= 0.6 is 11.6 Å². The average Bonchev–Trinajstić information content (AvgIpc) is 2.39. The SMILES string of the molecule is CC(C)(C)OC(=O)Nc1ccc(Nc2cccc(Cl)c2)nn1. The molecule has 0 saturated heterocycles. The van der Waals surface area contributed by atoms with Gasteiger partial charge in [0.05, 0.1) is 0 Å². The van der Waals surface area contributed by atoms with Gasteiger partial charge in [0.1, 0.15) is 5.60 Å². The Morgan fingerprint density at radius 3 is 2.41 bits per heavy atom. The first-order valence-corrected chi connectivity index (χ1v) is 7.06. The van der Waals surface area contributed by atoms with Crippen LogP contribution in [0.25, 0.3) is 0 Å². The van der Waals surface area contributed by atoms with Crippen molar-refractivity contribution in [2.45, 2.75) is 26.4 Å². The molecule has 0 fully saturated rings. The van der Waals surface area contributed by atoms with Crippen LogP contribution in [-0.2, 0) is 4.74 Å². The Labute approximate surface area is 133 Å². The molecule has 6 nitrogen and oxygen atoms in total. The van der Waals surface area contributed by atoms with Crippen molar-refractivity contribution in [1.82, 2.24) is 10.2 Å². The van der Waals surface area contributed by atoms with Crippen LogP contribution in [0.2, 0.25) is 5.02 Å². The van der Waals surface area contributed by atoms with Gasteiger partial charge in [-0.05, 0) is 51.1 Å². The van der Waals surface area contributed by atoms with Crippen molar-refractivity contribution in [3.05, 3.63) is 41.4 Å². The normalized spacial score (nSPS) is 10.9. The Hall–Kier alpha value is -2.34. The zero-order chi connectivity index (χ0) is 16.2. The summed E-state index contributed by atoms with van der Waals surface area (Å²) < 4.78 is 5.13. The number of aromatic nitrogens is 2. The van der Waals surface area contributed by atoms with Gasteiger partial charge in [0.25, 0.3) is 0 Å². The smallest absolute Gasteiger partial charge is 0.413 e. The number of hydrogen-bond donors (Lipinski definition) is 2. The summed E-state index contributed by atoms with van der Waals surface area (Å²) in [5.74, 6) is 0.850. The van der Waals surface area contributed by atoms with Gasteiger partial charge in [-0.3, -0.25) is 5.32 Å². The van der Waals surface area contributed by atoms with E-state index in [1.807, 2.05) is 12.1 Å². The lowest BCUT2D eigenvalue weighted by Crippen LogP contribution is -2.27. The van der Waals surface area contributed by atoms with Crippen molar-refractivity contribution in [3.8, 4) is 0 Å². The zero-order valence-electron chi connectivity index (χ0n) is 12.6. The van der Waals surface area contributed by atoms with Crippen molar-refractivity contribution >= 4 is 35.0 Å². The van der Waals surface area contributed by atoms with Crippen LogP contribution in [-0.4, -0.2) is 21.9 Å². The highest BCUT2D eigenvalue weighted by atomic mass is 35.5. The summed E-state index contributed by atoms with van der Waals surface area (Å²) in [6.45, 7) is 5.36. The van der Waals surface area contributed by atoms with E-state index in [1.165, 1.54) is 0 Å². The number of nitrogens with one attached hydrogen (secondary N) is 2. The van der Waals surface area contributed by atoms with Crippen LogP contribution < -0.4 is 10.6 Å². The molecule has 0 aliphatic carbocycles. The number of nitrogens with zero attached hydrogens (tertiary/aromatic N) is 2. The molecule has 0 saturated carbocycles. The van der Waals surface area contributed by atoms with Gasteiger partial charge < -0.3 is 10.1 Å². The molecule has 22 heavy (non-hydrogen) atoms. The lowest BCUT2D eigenvalue weighted by molar-refractivity contribution is 0.0635. The lowest BCUT2D eigenvalue weighted by atomic mass is 10.2. The molecule has 1 amide bonds. The first kappa shape index (κ1) is 16.0. The number of halogens is 1. The number of carbonyl (C=O) groups is 1. The average molecular weight is 321 g/mol. The second-order valence-corrected chi connectivity index (χ2v) is 6.00. The predicted octanol–water partition coefficient (Wildman–Crippen LogP) is 4.22. The standard InChI is InChI=1S/C15H17ClN4O2/c1-15(2,3)22-14(21)18-13-8-7-12(19-20-13)17-11-6-4-5-10(16)9-11/h4-9H,1-3H3,(H,17,19)(H,18,20,21). The predicted molar refractivity (Wildman–Crippen MR) is 86.6 cm³/mol. The van der Waals surface area contributed by atoms with Gasteiger partial charge in [0.2, 0.25) is 0 Å². The fourth-order valence-electron chi connectivity index (χ4n) is 1.59. The van der Waals surface area contributed by atoms with Crippen LogP contribution in [0.3, 0.4) is 0 Å². The highest BCUT2D eigenvalue weighted by Gasteiger charge is 2.16. The minimum Gasteiger partial charge on any atom is -0.444 e. The number of rotatable bonds is 3. The minimum atomic E-state index is -0.572. The lowest BCUT2D eigenvalue weighted by Gasteiger charge is -2.19. The van der Waals surface area contributed by atoms with E-state index in [0.29, 0.717) is 16.7 Å². The molecule has 1 aromatic heterocycles. The highest BCUT2D eigenvalue weighted by Crippen LogP contribution is 2.19. The minimum absolute atomic E-state index is 0.311. The third kappa shape index (κ3) is 5.21. The molecule has 1 aromatic carbocycles. The number of amides is 1. The summed E-state index contributed by atoms with van der Waals surface area (Å²) >= 11 is 5.91. The van der Waals surface area contributed by atoms with Gasteiger partial charge in [-0.25, -0.2) is 4.79 Å². The van der Waals surface area contributed by atoms with Crippen molar-refractivity contribution in [2.24, 2.45) is 0 Å². The van der Waals surface area contributed by atoms with Crippen LogP contribution in [0.1, 0.15) is 20.8 Å². The number of benzene rings is 1. The Kier molecular flexibility index (Phi) is 4.82. The fraction of sp³-hybridized carbons (Fsp3) is 0.267. The number of carbonyl (C=O) groups excluding carboxylic acids is 1. The third-order valence-corrected chi connectivity index (χ3v) is 2.63. The van der Waals surface area contributed by atoms with Crippen molar-refractivity contribution < 1.29 is 9.53 Å². The Bertz CT molecular complexity index is 653. The summed E-state index contributed by atoms with van der Waals surface area (Å²) in [6, 6.07) is 10.6. The van der Waals surface area contributed by atoms with Crippen molar-refractivity contribution in [1.29, 1.82) is 0 Å². The summed E-state index contributed by atoms with van der Waals surface area (Å²) in [7, 11) is 0. The topological polar surface area (TPSA) is 76.1 Å². The first-order chi connectivity index (χ1) is 10.3. The maximum atomic E-state index is 11.6. The van der Waals surface area contributed by atoms with E-state index in [0.717, 1.165) is 5.69 Å². The highest BCUT2D eigenvalue weighted by molar-refractivity contribution is 6.30. The van der Waals surface area contributed by atoms with Gasteiger partial charge in [-0.2, -0.15) is 0 Å². The molecule has 1 heterocycles. The molecule has 0 radical (unpaired) electrons. The van der Waals surface area contributed by atoms with Gasteiger partial charge in [-0.1, -0.05) is 17.7 Å².